The Bertz CT molecular complexity index is 639. The van der Waals surface area contributed by atoms with E-state index >= 15 is 0 Å². The lowest BCUT2D eigenvalue weighted by atomic mass is 9.47. The molecule has 4 aliphatic rings. The molecule has 0 radical (unpaired) electrons. The lowest BCUT2D eigenvalue weighted by molar-refractivity contribution is -0.0658. The van der Waals surface area contributed by atoms with Gasteiger partial charge >= 0.3 is 0 Å². The van der Waals surface area contributed by atoms with Gasteiger partial charge in [0.25, 0.3) is 0 Å². The molecule has 0 bridgehead atoms. The van der Waals surface area contributed by atoms with Gasteiger partial charge in [-0.1, -0.05) is 65.5 Å². The van der Waals surface area contributed by atoms with Crippen molar-refractivity contribution in [1.82, 2.24) is 0 Å². The number of allylic oxidation sites excluding steroid dienone is 1. The van der Waals surface area contributed by atoms with Crippen molar-refractivity contribution < 1.29 is 9.84 Å². The van der Waals surface area contributed by atoms with Gasteiger partial charge in [0, 0.05) is 0 Å². The van der Waals surface area contributed by atoms with Gasteiger partial charge in [0.05, 0.1) is 19.3 Å². The van der Waals surface area contributed by atoms with E-state index in [0.29, 0.717) is 23.5 Å². The maximum absolute atomic E-state index is 9.14. The van der Waals surface area contributed by atoms with Gasteiger partial charge in [0.1, 0.15) is 0 Å². The minimum absolute atomic E-state index is 0.148. The van der Waals surface area contributed by atoms with Crippen LogP contribution in [0.4, 0.5) is 0 Å². The maximum atomic E-state index is 9.14. The summed E-state index contributed by atoms with van der Waals surface area (Å²) in [7, 11) is 0. The highest BCUT2D eigenvalue weighted by Crippen LogP contribution is 2.67. The van der Waals surface area contributed by atoms with Crippen LogP contribution in [-0.2, 0) is 4.74 Å². The van der Waals surface area contributed by atoms with Crippen molar-refractivity contribution in [3.8, 4) is 0 Å². The number of rotatable bonds is 8. The third-order valence-corrected chi connectivity index (χ3v) is 10.7. The first-order valence-electron chi connectivity index (χ1n) is 13.7. The van der Waals surface area contributed by atoms with Gasteiger partial charge in [-0.2, -0.15) is 0 Å². The largest absolute Gasteiger partial charge is 0.394 e. The van der Waals surface area contributed by atoms with Crippen LogP contribution in [0.1, 0.15) is 105 Å². The molecule has 3 fully saturated rings. The molecule has 0 unspecified atom stereocenters. The highest BCUT2D eigenvalue weighted by molar-refractivity contribution is 5.25. The molecule has 0 spiro atoms. The Morgan fingerprint density at radius 3 is 2.58 bits per heavy atom. The Kier molecular flexibility index (Phi) is 7.29. The molecular formula is C29H50O2. The molecule has 4 rings (SSSR count). The highest BCUT2D eigenvalue weighted by atomic mass is 16.5. The molecule has 1 N–H and O–H groups in total. The summed E-state index contributed by atoms with van der Waals surface area (Å²) in [6.45, 7) is 13.3. The van der Waals surface area contributed by atoms with Gasteiger partial charge in [-0.05, 0) is 97.7 Å². The van der Waals surface area contributed by atoms with Gasteiger partial charge < -0.3 is 9.84 Å². The molecule has 4 aliphatic carbocycles. The summed E-state index contributed by atoms with van der Waals surface area (Å²) < 4.78 is 5.94. The van der Waals surface area contributed by atoms with Crippen molar-refractivity contribution in [3.63, 3.8) is 0 Å². The average molecular weight is 431 g/mol. The van der Waals surface area contributed by atoms with E-state index < -0.39 is 0 Å². The molecule has 0 amide bonds. The summed E-state index contributed by atoms with van der Waals surface area (Å²) in [5.74, 6) is 5.44. The van der Waals surface area contributed by atoms with Gasteiger partial charge in [-0.15, -0.1) is 0 Å². The molecule has 0 aliphatic heterocycles. The van der Waals surface area contributed by atoms with Crippen LogP contribution in [0.2, 0.25) is 0 Å². The zero-order valence-corrected chi connectivity index (χ0v) is 21.2. The molecule has 0 heterocycles. The van der Waals surface area contributed by atoms with Crippen LogP contribution in [0, 0.1) is 46.3 Å². The van der Waals surface area contributed by atoms with Crippen molar-refractivity contribution in [3.05, 3.63) is 11.6 Å². The zero-order chi connectivity index (χ0) is 22.2. The first kappa shape index (κ1) is 23.8. The Hall–Kier alpha value is -0.340. The van der Waals surface area contributed by atoms with E-state index in [0.717, 1.165) is 41.9 Å². The fourth-order valence-electron chi connectivity index (χ4n) is 9.01. The fourth-order valence-corrected chi connectivity index (χ4v) is 9.01. The second-order valence-corrected chi connectivity index (χ2v) is 12.7. The highest BCUT2D eigenvalue weighted by Gasteiger charge is 2.59. The SMILES string of the molecule is CC(C)CCC[C@@H](C)[C@@H]1CC[C@@H]2[C@H]3CC=C4C[C@@H](OCCO)CC[C@]4(C)[C@@H]3CC[C@@]21C. The van der Waals surface area contributed by atoms with Crippen LogP contribution in [0.3, 0.4) is 0 Å². The lowest BCUT2D eigenvalue weighted by Gasteiger charge is -2.58. The van der Waals surface area contributed by atoms with Gasteiger partial charge in [0.2, 0.25) is 0 Å². The minimum Gasteiger partial charge on any atom is -0.394 e. The molecule has 2 nitrogen and oxygen atoms in total. The summed E-state index contributed by atoms with van der Waals surface area (Å²) in [6, 6.07) is 0. The number of aliphatic hydroxyl groups excluding tert-OH is 1. The van der Waals surface area contributed by atoms with Crippen LogP contribution >= 0.6 is 0 Å². The van der Waals surface area contributed by atoms with E-state index in [1.54, 1.807) is 5.57 Å². The van der Waals surface area contributed by atoms with E-state index in [1.165, 1.54) is 64.2 Å². The first-order valence-corrected chi connectivity index (χ1v) is 13.7. The Morgan fingerprint density at radius 1 is 1.03 bits per heavy atom. The second-order valence-electron chi connectivity index (χ2n) is 12.7. The summed E-state index contributed by atoms with van der Waals surface area (Å²) >= 11 is 0. The summed E-state index contributed by atoms with van der Waals surface area (Å²) in [5, 5.41) is 9.14. The number of hydrogen-bond acceptors (Lipinski definition) is 2. The number of ether oxygens (including phenoxy) is 1. The molecule has 3 saturated carbocycles. The predicted molar refractivity (Wildman–Crippen MR) is 130 cm³/mol. The molecule has 0 saturated heterocycles. The van der Waals surface area contributed by atoms with Crippen molar-refractivity contribution >= 4 is 0 Å². The van der Waals surface area contributed by atoms with Crippen LogP contribution < -0.4 is 0 Å². The number of fused-ring (bicyclic) bond motifs is 5. The van der Waals surface area contributed by atoms with Crippen LogP contribution in [0.25, 0.3) is 0 Å². The molecule has 2 heteroatoms. The topological polar surface area (TPSA) is 29.5 Å². The van der Waals surface area contributed by atoms with Gasteiger partial charge in [0.15, 0.2) is 0 Å². The van der Waals surface area contributed by atoms with E-state index in [1.807, 2.05) is 0 Å². The van der Waals surface area contributed by atoms with Crippen LogP contribution in [-0.4, -0.2) is 24.4 Å². The monoisotopic (exact) mass is 430 g/mol. The lowest BCUT2D eigenvalue weighted by Crippen LogP contribution is -2.51. The Balaban J connectivity index is 1.45. The first-order chi connectivity index (χ1) is 14.8. The Morgan fingerprint density at radius 2 is 1.84 bits per heavy atom. The summed E-state index contributed by atoms with van der Waals surface area (Å²) in [5.41, 5.74) is 2.69. The molecule has 0 aromatic heterocycles. The number of aliphatic hydroxyl groups is 1. The molecule has 178 valence electrons. The van der Waals surface area contributed by atoms with Gasteiger partial charge in [-0.3, -0.25) is 0 Å². The molecule has 8 atom stereocenters. The minimum atomic E-state index is 0.148. The normalized spacial score (nSPS) is 43.2. The quantitative estimate of drug-likeness (QED) is 0.406. The standard InChI is InChI=1S/C29H50O2/c1-20(2)7-6-8-21(3)25-11-12-26-24-10-9-22-19-23(31-18-17-30)13-15-28(22,4)27(24)14-16-29(25,26)5/h9,20-21,23-27,30H,6-8,10-19H2,1-5H3/t21-,23+,24-,25+,26-,27-,28+,29-/m1/s1. The zero-order valence-electron chi connectivity index (χ0n) is 21.2. The average Bonchev–Trinajstić information content (AvgIpc) is 3.09. The van der Waals surface area contributed by atoms with E-state index in [-0.39, 0.29) is 6.61 Å². The van der Waals surface area contributed by atoms with Crippen molar-refractivity contribution in [2.45, 2.75) is 111 Å². The maximum Gasteiger partial charge on any atom is 0.0701 e. The number of hydrogen-bond donors (Lipinski definition) is 1. The van der Waals surface area contributed by atoms with Crippen molar-refractivity contribution in [1.29, 1.82) is 0 Å². The summed E-state index contributed by atoms with van der Waals surface area (Å²) in [4.78, 5) is 0. The molecule has 0 aromatic rings. The Labute approximate surface area is 192 Å². The van der Waals surface area contributed by atoms with Crippen molar-refractivity contribution in [2.24, 2.45) is 46.3 Å². The van der Waals surface area contributed by atoms with Crippen LogP contribution in [0.5, 0.6) is 0 Å². The smallest absolute Gasteiger partial charge is 0.0701 e. The third-order valence-electron chi connectivity index (χ3n) is 10.7. The van der Waals surface area contributed by atoms with E-state index in [9.17, 15) is 0 Å². The molecule has 31 heavy (non-hydrogen) atoms. The summed E-state index contributed by atoms with van der Waals surface area (Å²) in [6.07, 6.45) is 18.0. The molecular weight excluding hydrogens is 380 g/mol. The van der Waals surface area contributed by atoms with E-state index in [4.69, 9.17) is 9.84 Å². The second kappa shape index (κ2) is 9.49. The van der Waals surface area contributed by atoms with Gasteiger partial charge in [-0.25, -0.2) is 0 Å². The molecule has 0 aromatic carbocycles. The van der Waals surface area contributed by atoms with E-state index in [2.05, 4.69) is 40.7 Å². The fraction of sp³-hybridized carbons (Fsp3) is 0.931. The van der Waals surface area contributed by atoms with Crippen LogP contribution in [0.15, 0.2) is 11.6 Å². The van der Waals surface area contributed by atoms with Crippen molar-refractivity contribution in [2.75, 3.05) is 13.2 Å². The predicted octanol–water partition coefficient (Wildman–Crippen LogP) is 7.41. The third kappa shape index (κ3) is 4.42.